The topological polar surface area (TPSA) is 21.3 Å². The molecule has 0 amide bonds. The van der Waals surface area contributed by atoms with Crippen molar-refractivity contribution in [3.63, 3.8) is 0 Å². The molecular formula is C15H21Cl2NO. The van der Waals surface area contributed by atoms with Crippen molar-refractivity contribution in [1.29, 1.82) is 0 Å². The van der Waals surface area contributed by atoms with Crippen LogP contribution >= 0.6 is 23.2 Å². The number of ether oxygens (including phenoxy) is 1. The van der Waals surface area contributed by atoms with Crippen molar-refractivity contribution in [2.24, 2.45) is 0 Å². The monoisotopic (exact) mass is 301 g/mol. The fourth-order valence-corrected chi connectivity index (χ4v) is 3.20. The van der Waals surface area contributed by atoms with Crippen LogP contribution < -0.4 is 5.32 Å². The molecule has 2 atom stereocenters. The average molecular weight is 302 g/mol. The minimum Gasteiger partial charge on any atom is -0.378 e. The highest BCUT2D eigenvalue weighted by Gasteiger charge is 2.21. The molecule has 1 saturated heterocycles. The zero-order valence-corrected chi connectivity index (χ0v) is 12.8. The summed E-state index contributed by atoms with van der Waals surface area (Å²) in [7, 11) is 0. The predicted octanol–water partition coefficient (Wildman–Crippen LogP) is 4.08. The van der Waals surface area contributed by atoms with E-state index in [2.05, 4.69) is 12.2 Å². The highest BCUT2D eigenvalue weighted by atomic mass is 35.5. The minimum absolute atomic E-state index is 0.366. The summed E-state index contributed by atoms with van der Waals surface area (Å²) in [6.07, 6.45) is 4.60. The van der Waals surface area contributed by atoms with Crippen LogP contribution in [-0.4, -0.2) is 25.3 Å². The molecule has 2 unspecified atom stereocenters. The summed E-state index contributed by atoms with van der Waals surface area (Å²) >= 11 is 12.5. The zero-order chi connectivity index (χ0) is 13.7. The number of halogens is 2. The van der Waals surface area contributed by atoms with E-state index in [1.165, 1.54) is 6.42 Å². The van der Waals surface area contributed by atoms with Crippen LogP contribution in [0.25, 0.3) is 0 Å². The summed E-state index contributed by atoms with van der Waals surface area (Å²) in [5, 5.41) is 5.02. The lowest BCUT2D eigenvalue weighted by Gasteiger charge is -2.22. The molecule has 2 nitrogen and oxygen atoms in total. The second kappa shape index (κ2) is 7.49. The maximum absolute atomic E-state index is 6.25. The molecule has 0 radical (unpaired) electrons. The molecule has 0 bridgehead atoms. The first-order chi connectivity index (χ1) is 9.20. The van der Waals surface area contributed by atoms with Crippen molar-refractivity contribution in [2.45, 2.75) is 44.8 Å². The molecule has 1 fully saturated rings. The fraction of sp³-hybridized carbons (Fsp3) is 0.600. The van der Waals surface area contributed by atoms with Gasteiger partial charge in [0.25, 0.3) is 0 Å². The van der Waals surface area contributed by atoms with Crippen molar-refractivity contribution in [3.8, 4) is 0 Å². The average Bonchev–Trinajstić information content (AvgIpc) is 2.87. The summed E-state index contributed by atoms with van der Waals surface area (Å²) in [5.41, 5.74) is 1.04. The molecule has 1 aliphatic rings. The van der Waals surface area contributed by atoms with Gasteiger partial charge in [-0.1, -0.05) is 36.2 Å². The van der Waals surface area contributed by atoms with E-state index in [9.17, 15) is 0 Å². The van der Waals surface area contributed by atoms with Gasteiger partial charge in [0.15, 0.2) is 0 Å². The molecule has 2 rings (SSSR count). The molecule has 0 aromatic heterocycles. The van der Waals surface area contributed by atoms with E-state index < -0.39 is 0 Å². The molecule has 106 valence electrons. The van der Waals surface area contributed by atoms with Gasteiger partial charge >= 0.3 is 0 Å². The summed E-state index contributed by atoms with van der Waals surface area (Å²) < 4.78 is 5.72. The van der Waals surface area contributed by atoms with E-state index in [1.54, 1.807) is 0 Å². The third-order valence-electron chi connectivity index (χ3n) is 3.58. The molecule has 1 N–H and O–H groups in total. The smallest absolute Gasteiger partial charge is 0.0590 e. The summed E-state index contributed by atoms with van der Waals surface area (Å²) in [6, 6.07) is 6.05. The van der Waals surface area contributed by atoms with Crippen molar-refractivity contribution in [3.05, 3.63) is 33.8 Å². The standard InChI is InChI=1S/C15H21Cl2NO/c1-2-18-11(9-12-5-4-8-19-12)10-13-14(16)6-3-7-15(13)17/h3,6-7,11-12,18H,2,4-5,8-10H2,1H3. The van der Waals surface area contributed by atoms with Gasteiger partial charge in [-0.15, -0.1) is 0 Å². The minimum atomic E-state index is 0.366. The Kier molecular flexibility index (Phi) is 5.96. The van der Waals surface area contributed by atoms with Gasteiger partial charge in [0, 0.05) is 22.7 Å². The Balaban J connectivity index is 2.02. The van der Waals surface area contributed by atoms with Crippen LogP contribution in [0, 0.1) is 0 Å². The Morgan fingerprint density at radius 1 is 1.37 bits per heavy atom. The molecular weight excluding hydrogens is 281 g/mol. The molecule has 1 aromatic rings. The van der Waals surface area contributed by atoms with Gasteiger partial charge in [-0.25, -0.2) is 0 Å². The lowest BCUT2D eigenvalue weighted by atomic mass is 9.99. The third kappa shape index (κ3) is 4.35. The van der Waals surface area contributed by atoms with E-state index >= 15 is 0 Å². The quantitative estimate of drug-likeness (QED) is 0.855. The second-order valence-corrected chi connectivity index (χ2v) is 5.84. The van der Waals surface area contributed by atoms with Crippen LogP contribution in [0.1, 0.15) is 31.7 Å². The molecule has 1 aliphatic heterocycles. The maximum Gasteiger partial charge on any atom is 0.0590 e. The van der Waals surface area contributed by atoms with Crippen LogP contribution in [0.5, 0.6) is 0 Å². The molecule has 19 heavy (non-hydrogen) atoms. The SMILES string of the molecule is CCNC(Cc1c(Cl)cccc1Cl)CC1CCCO1. The molecule has 0 spiro atoms. The predicted molar refractivity (Wildman–Crippen MR) is 81.2 cm³/mol. The Morgan fingerprint density at radius 2 is 2.11 bits per heavy atom. The second-order valence-electron chi connectivity index (χ2n) is 5.03. The molecule has 1 aromatic carbocycles. The van der Waals surface area contributed by atoms with Crippen LogP contribution in [0.3, 0.4) is 0 Å². The van der Waals surface area contributed by atoms with Crippen LogP contribution in [0.4, 0.5) is 0 Å². The van der Waals surface area contributed by atoms with Crippen molar-refractivity contribution in [1.82, 2.24) is 5.32 Å². The van der Waals surface area contributed by atoms with Crippen LogP contribution in [0.2, 0.25) is 10.0 Å². The van der Waals surface area contributed by atoms with Gasteiger partial charge in [-0.2, -0.15) is 0 Å². The van der Waals surface area contributed by atoms with E-state index in [4.69, 9.17) is 27.9 Å². The number of hydrogen-bond acceptors (Lipinski definition) is 2. The maximum atomic E-state index is 6.25. The third-order valence-corrected chi connectivity index (χ3v) is 4.28. The number of nitrogens with one attached hydrogen (secondary N) is 1. The van der Waals surface area contributed by atoms with Crippen LogP contribution in [0.15, 0.2) is 18.2 Å². The Bertz CT molecular complexity index is 385. The summed E-state index contributed by atoms with van der Waals surface area (Å²) in [4.78, 5) is 0. The van der Waals surface area contributed by atoms with E-state index in [1.807, 2.05) is 18.2 Å². The largest absolute Gasteiger partial charge is 0.378 e. The lowest BCUT2D eigenvalue weighted by molar-refractivity contribution is 0.0948. The lowest BCUT2D eigenvalue weighted by Crippen LogP contribution is -2.34. The Morgan fingerprint density at radius 3 is 2.68 bits per heavy atom. The number of benzene rings is 1. The van der Waals surface area contributed by atoms with Crippen molar-refractivity contribution in [2.75, 3.05) is 13.2 Å². The number of hydrogen-bond donors (Lipinski definition) is 1. The highest BCUT2D eigenvalue weighted by Crippen LogP contribution is 2.27. The molecule has 0 aliphatic carbocycles. The van der Waals surface area contributed by atoms with Crippen molar-refractivity contribution >= 4 is 23.2 Å². The highest BCUT2D eigenvalue weighted by molar-refractivity contribution is 6.35. The molecule has 4 heteroatoms. The van der Waals surface area contributed by atoms with E-state index in [-0.39, 0.29) is 0 Å². The van der Waals surface area contributed by atoms with Crippen LogP contribution in [-0.2, 0) is 11.2 Å². The van der Waals surface area contributed by atoms with Gasteiger partial charge in [0.1, 0.15) is 0 Å². The Labute approximate surface area is 125 Å². The Hall–Kier alpha value is -0.280. The first kappa shape index (κ1) is 15.1. The molecule has 0 saturated carbocycles. The summed E-state index contributed by atoms with van der Waals surface area (Å²) in [6.45, 7) is 3.96. The molecule has 1 heterocycles. The van der Waals surface area contributed by atoms with Crippen molar-refractivity contribution < 1.29 is 4.74 Å². The van der Waals surface area contributed by atoms with E-state index in [0.29, 0.717) is 12.1 Å². The number of likely N-dealkylation sites (N-methyl/N-ethyl adjacent to an activating group) is 1. The van der Waals surface area contributed by atoms with Gasteiger partial charge in [0.05, 0.1) is 6.10 Å². The first-order valence-electron chi connectivity index (χ1n) is 6.98. The van der Waals surface area contributed by atoms with E-state index in [0.717, 1.165) is 48.0 Å². The first-order valence-corrected chi connectivity index (χ1v) is 7.74. The number of rotatable bonds is 6. The summed E-state index contributed by atoms with van der Waals surface area (Å²) in [5.74, 6) is 0. The normalized spacial score (nSPS) is 20.7. The zero-order valence-electron chi connectivity index (χ0n) is 11.3. The fourth-order valence-electron chi connectivity index (χ4n) is 2.65. The van der Waals surface area contributed by atoms with Gasteiger partial charge in [0.2, 0.25) is 0 Å². The van der Waals surface area contributed by atoms with Gasteiger partial charge in [-0.3, -0.25) is 0 Å². The van der Waals surface area contributed by atoms with Gasteiger partial charge in [-0.05, 0) is 49.9 Å². The van der Waals surface area contributed by atoms with Gasteiger partial charge < -0.3 is 10.1 Å².